The summed E-state index contributed by atoms with van der Waals surface area (Å²) in [4.78, 5) is 16.9. The third kappa shape index (κ3) is 5.45. The van der Waals surface area contributed by atoms with E-state index in [4.69, 9.17) is 42.1 Å². The minimum absolute atomic E-state index is 0.285. The van der Waals surface area contributed by atoms with Gasteiger partial charge in [-0.3, -0.25) is 4.98 Å². The van der Waals surface area contributed by atoms with Crippen molar-refractivity contribution in [1.82, 2.24) is 4.98 Å². The zero-order valence-corrected chi connectivity index (χ0v) is 20.5. The van der Waals surface area contributed by atoms with Gasteiger partial charge < -0.3 is 29.6 Å². The molecule has 0 saturated carbocycles. The molecule has 4 aromatic rings. The molecule has 0 spiro atoms. The molecule has 3 aromatic carbocycles. The molecule has 0 aliphatic rings. The number of benzene rings is 3. The zero-order chi connectivity index (χ0) is 24.9. The number of halogens is 2. The zero-order valence-electron chi connectivity index (χ0n) is 19.0. The fourth-order valence-electron chi connectivity index (χ4n) is 3.38. The predicted molar refractivity (Wildman–Crippen MR) is 137 cm³/mol. The average Bonchev–Trinajstić information content (AvgIpc) is 2.85. The van der Waals surface area contributed by atoms with E-state index in [1.165, 1.54) is 7.11 Å². The maximum atomic E-state index is 12.5. The smallest absolute Gasteiger partial charge is 0.323 e. The van der Waals surface area contributed by atoms with Gasteiger partial charge in [0.05, 0.1) is 43.2 Å². The van der Waals surface area contributed by atoms with Gasteiger partial charge in [-0.2, -0.15) is 0 Å². The molecule has 1 aromatic heterocycles. The number of nitrogens with zero attached hydrogens (tertiary/aromatic N) is 1. The van der Waals surface area contributed by atoms with Crippen molar-refractivity contribution in [1.29, 1.82) is 0 Å². The minimum Gasteiger partial charge on any atom is -0.495 e. The normalized spacial score (nSPS) is 10.5. The van der Waals surface area contributed by atoms with Crippen molar-refractivity contribution >= 4 is 51.5 Å². The molecular formula is C25H21Cl2N3O5. The highest BCUT2D eigenvalue weighted by Crippen LogP contribution is 2.38. The molecular weight excluding hydrogens is 493 g/mol. The molecule has 0 saturated heterocycles. The fourth-order valence-corrected chi connectivity index (χ4v) is 3.77. The number of aromatic nitrogens is 1. The fraction of sp³-hybridized carbons (Fsp3) is 0.120. The topological polar surface area (TPSA) is 90.9 Å². The first kappa shape index (κ1) is 24.3. The highest BCUT2D eigenvalue weighted by Gasteiger charge is 2.14. The molecule has 0 radical (unpaired) electrons. The molecule has 0 fully saturated rings. The van der Waals surface area contributed by atoms with E-state index in [9.17, 15) is 4.79 Å². The van der Waals surface area contributed by atoms with E-state index in [0.29, 0.717) is 50.7 Å². The summed E-state index contributed by atoms with van der Waals surface area (Å²) >= 11 is 12.4. The SMILES string of the molecule is COc1ccc(Cl)cc1NC(=O)Nc1ccc(Oc2ccnc3cc(OC)c(OC)cc23)cc1Cl. The summed E-state index contributed by atoms with van der Waals surface area (Å²) in [6, 6.07) is 14.6. The Morgan fingerprint density at radius 3 is 2.20 bits per heavy atom. The third-order valence-electron chi connectivity index (χ3n) is 5.03. The average molecular weight is 514 g/mol. The quantitative estimate of drug-likeness (QED) is 0.276. The van der Waals surface area contributed by atoms with Crippen molar-refractivity contribution in [3.8, 4) is 28.7 Å². The van der Waals surface area contributed by atoms with E-state index in [-0.39, 0.29) is 5.02 Å². The molecule has 0 atom stereocenters. The lowest BCUT2D eigenvalue weighted by Crippen LogP contribution is -2.20. The Kier molecular flexibility index (Phi) is 7.33. The molecule has 4 rings (SSSR count). The van der Waals surface area contributed by atoms with Crippen LogP contribution in [0.2, 0.25) is 10.0 Å². The molecule has 1 heterocycles. The van der Waals surface area contributed by atoms with Gasteiger partial charge in [0, 0.05) is 28.7 Å². The second kappa shape index (κ2) is 10.6. The van der Waals surface area contributed by atoms with Gasteiger partial charge in [-0.25, -0.2) is 4.79 Å². The van der Waals surface area contributed by atoms with E-state index >= 15 is 0 Å². The Hall–Kier alpha value is -3.88. The lowest BCUT2D eigenvalue weighted by molar-refractivity contribution is 0.262. The van der Waals surface area contributed by atoms with Gasteiger partial charge in [-0.05, 0) is 42.5 Å². The summed E-state index contributed by atoms with van der Waals surface area (Å²) in [6.45, 7) is 0. The van der Waals surface area contributed by atoms with Crippen LogP contribution in [0.1, 0.15) is 0 Å². The summed E-state index contributed by atoms with van der Waals surface area (Å²) in [5.41, 5.74) is 1.49. The van der Waals surface area contributed by atoms with Crippen molar-refractivity contribution in [2.75, 3.05) is 32.0 Å². The van der Waals surface area contributed by atoms with Crippen LogP contribution in [0.3, 0.4) is 0 Å². The Morgan fingerprint density at radius 2 is 1.49 bits per heavy atom. The summed E-state index contributed by atoms with van der Waals surface area (Å²) < 4.78 is 22.0. The number of nitrogens with one attached hydrogen (secondary N) is 2. The summed E-state index contributed by atoms with van der Waals surface area (Å²) in [7, 11) is 4.62. The first-order valence-electron chi connectivity index (χ1n) is 10.3. The number of carbonyl (C=O) groups is 1. The predicted octanol–water partition coefficient (Wildman–Crippen LogP) is 7.00. The lowest BCUT2D eigenvalue weighted by atomic mass is 10.2. The molecule has 10 heteroatoms. The highest BCUT2D eigenvalue weighted by atomic mass is 35.5. The van der Waals surface area contributed by atoms with Crippen LogP contribution in [0.15, 0.2) is 60.8 Å². The van der Waals surface area contributed by atoms with Crippen molar-refractivity contribution in [2.45, 2.75) is 0 Å². The summed E-state index contributed by atoms with van der Waals surface area (Å²) in [5.74, 6) is 2.62. The van der Waals surface area contributed by atoms with E-state index in [1.54, 1.807) is 75.0 Å². The number of fused-ring (bicyclic) bond motifs is 1. The largest absolute Gasteiger partial charge is 0.495 e. The maximum absolute atomic E-state index is 12.5. The highest BCUT2D eigenvalue weighted by molar-refractivity contribution is 6.34. The number of carbonyl (C=O) groups excluding carboxylic acids is 1. The van der Waals surface area contributed by atoms with Crippen molar-refractivity contribution in [3.05, 3.63) is 70.8 Å². The van der Waals surface area contributed by atoms with E-state index in [1.807, 2.05) is 0 Å². The van der Waals surface area contributed by atoms with E-state index < -0.39 is 6.03 Å². The Morgan fingerprint density at radius 1 is 0.771 bits per heavy atom. The molecule has 8 nitrogen and oxygen atoms in total. The van der Waals surface area contributed by atoms with Gasteiger partial charge in [0.25, 0.3) is 0 Å². The summed E-state index contributed by atoms with van der Waals surface area (Å²) in [6.07, 6.45) is 1.63. The van der Waals surface area contributed by atoms with Crippen molar-refractivity contribution < 1.29 is 23.7 Å². The number of anilines is 2. The van der Waals surface area contributed by atoms with Gasteiger partial charge in [-0.15, -0.1) is 0 Å². The van der Waals surface area contributed by atoms with Crippen LogP contribution in [0.5, 0.6) is 28.7 Å². The van der Waals surface area contributed by atoms with Crippen LogP contribution in [-0.4, -0.2) is 32.3 Å². The van der Waals surface area contributed by atoms with Crippen molar-refractivity contribution in [3.63, 3.8) is 0 Å². The molecule has 0 aliphatic heterocycles. The number of pyridine rings is 1. The van der Waals surface area contributed by atoms with Gasteiger partial charge in [0.15, 0.2) is 11.5 Å². The Bertz CT molecular complexity index is 1400. The number of urea groups is 1. The molecule has 2 amide bonds. The molecule has 0 aliphatic carbocycles. The van der Waals surface area contributed by atoms with Crippen LogP contribution < -0.4 is 29.6 Å². The molecule has 0 unspecified atom stereocenters. The van der Waals surface area contributed by atoms with Crippen LogP contribution in [0.4, 0.5) is 16.2 Å². The summed E-state index contributed by atoms with van der Waals surface area (Å²) in [5, 5.41) is 6.87. The number of hydrogen-bond acceptors (Lipinski definition) is 6. The van der Waals surface area contributed by atoms with Crippen LogP contribution >= 0.6 is 23.2 Å². The van der Waals surface area contributed by atoms with Gasteiger partial charge in [0.2, 0.25) is 0 Å². The molecule has 35 heavy (non-hydrogen) atoms. The first-order chi connectivity index (χ1) is 16.9. The van der Waals surface area contributed by atoms with E-state index in [0.717, 1.165) is 5.39 Å². The number of ether oxygens (including phenoxy) is 4. The second-order valence-electron chi connectivity index (χ2n) is 7.20. The molecule has 180 valence electrons. The maximum Gasteiger partial charge on any atom is 0.323 e. The third-order valence-corrected chi connectivity index (χ3v) is 5.58. The van der Waals surface area contributed by atoms with Gasteiger partial charge in [0.1, 0.15) is 17.2 Å². The van der Waals surface area contributed by atoms with E-state index in [2.05, 4.69) is 15.6 Å². The first-order valence-corrected chi connectivity index (χ1v) is 11.1. The monoisotopic (exact) mass is 513 g/mol. The van der Waals surface area contributed by atoms with Crippen LogP contribution in [-0.2, 0) is 0 Å². The minimum atomic E-state index is -0.512. The molecule has 2 N–H and O–H groups in total. The lowest BCUT2D eigenvalue weighted by Gasteiger charge is -2.14. The van der Waals surface area contributed by atoms with Crippen LogP contribution in [0.25, 0.3) is 10.9 Å². The number of methoxy groups -OCH3 is 3. The number of rotatable bonds is 7. The molecule has 0 bridgehead atoms. The van der Waals surface area contributed by atoms with Gasteiger partial charge >= 0.3 is 6.03 Å². The second-order valence-corrected chi connectivity index (χ2v) is 8.04. The van der Waals surface area contributed by atoms with Crippen molar-refractivity contribution in [2.24, 2.45) is 0 Å². The number of hydrogen-bond donors (Lipinski definition) is 2. The van der Waals surface area contributed by atoms with Crippen LogP contribution in [0, 0.1) is 0 Å². The Labute approximate surface area is 211 Å². The van der Waals surface area contributed by atoms with Gasteiger partial charge in [-0.1, -0.05) is 23.2 Å². The standard InChI is InChI=1S/C25H21Cl2N3O5/c1-32-22-7-4-14(26)10-20(22)30-25(31)29-18-6-5-15(11-17(18)27)35-21-8-9-28-19-13-24(34-3)23(33-2)12-16(19)21/h4-13H,1-3H3,(H2,29,30,31). The Balaban J connectivity index is 1.52. The number of amides is 2.